The van der Waals surface area contributed by atoms with Gasteiger partial charge in [0, 0.05) is 9.86 Å². The van der Waals surface area contributed by atoms with Gasteiger partial charge >= 0.3 is 0 Å². The third-order valence-corrected chi connectivity index (χ3v) is 3.93. The lowest BCUT2D eigenvalue weighted by molar-refractivity contribution is 0.482. The third-order valence-electron chi connectivity index (χ3n) is 1.58. The number of rotatable bonds is 0. The molecule has 0 fully saturated rings. The van der Waals surface area contributed by atoms with E-state index in [1.54, 1.807) is 6.07 Å². The summed E-state index contributed by atoms with van der Waals surface area (Å²) in [7, 11) is 0. The maximum atomic E-state index is 9.48. The van der Waals surface area contributed by atoms with Crippen molar-refractivity contribution in [1.29, 1.82) is 0 Å². The first-order chi connectivity index (χ1) is 5.68. The molecule has 0 aliphatic heterocycles. The topological polar surface area (TPSA) is 20.2 Å². The van der Waals surface area contributed by atoms with Gasteiger partial charge in [0.2, 0.25) is 0 Å². The van der Waals surface area contributed by atoms with E-state index in [-0.39, 0.29) is 0 Å². The van der Waals surface area contributed by atoms with Crippen LogP contribution in [-0.4, -0.2) is 5.11 Å². The van der Waals surface area contributed by atoms with Crippen LogP contribution in [0, 0.1) is 0 Å². The minimum Gasteiger partial charge on any atom is -0.506 e. The van der Waals surface area contributed by atoms with Gasteiger partial charge in [0.15, 0.2) is 0 Å². The lowest BCUT2D eigenvalue weighted by Crippen LogP contribution is -1.67. The second-order valence-corrected chi connectivity index (χ2v) is 5.65. The summed E-state index contributed by atoms with van der Waals surface area (Å²) in [5, 5.41) is 10.5. The van der Waals surface area contributed by atoms with Gasteiger partial charge < -0.3 is 5.11 Å². The number of hydrogen-bond acceptors (Lipinski definition) is 2. The first kappa shape index (κ1) is 8.53. The monoisotopic (exact) mass is 306 g/mol. The lowest BCUT2D eigenvalue weighted by atomic mass is 10.2. The summed E-state index contributed by atoms with van der Waals surface area (Å²) < 4.78 is 2.95. The number of phenols is 1. The summed E-state index contributed by atoms with van der Waals surface area (Å²) in [5.41, 5.74) is 0. The number of fused-ring (bicyclic) bond motifs is 1. The van der Waals surface area contributed by atoms with Gasteiger partial charge in [-0.2, -0.15) is 0 Å². The Balaban J connectivity index is 2.93. The van der Waals surface area contributed by atoms with Crippen LogP contribution in [0.3, 0.4) is 0 Å². The molecule has 1 nitrogen and oxygen atoms in total. The fourth-order valence-corrected chi connectivity index (χ4v) is 3.16. The zero-order valence-corrected chi connectivity index (χ0v) is 9.83. The van der Waals surface area contributed by atoms with Gasteiger partial charge in [0.05, 0.1) is 8.49 Å². The van der Waals surface area contributed by atoms with Gasteiger partial charge in [-0.1, -0.05) is 15.9 Å². The van der Waals surface area contributed by atoms with Crippen molar-refractivity contribution < 1.29 is 5.11 Å². The maximum Gasteiger partial charge on any atom is 0.133 e. The molecule has 0 amide bonds. The number of hydrogen-bond donors (Lipinski definition) is 1. The Hall–Kier alpha value is -0.0600. The number of halogens is 2. The molecule has 62 valence electrons. The Morgan fingerprint density at radius 2 is 2.00 bits per heavy atom. The molecular formula is C8H4Br2OS. The summed E-state index contributed by atoms with van der Waals surface area (Å²) >= 11 is 8.33. The molecule has 0 aliphatic rings. The van der Waals surface area contributed by atoms with Gasteiger partial charge in [-0.3, -0.25) is 0 Å². The molecule has 0 saturated carbocycles. The van der Waals surface area contributed by atoms with Crippen molar-refractivity contribution in [1.82, 2.24) is 0 Å². The van der Waals surface area contributed by atoms with E-state index in [0.29, 0.717) is 5.75 Å². The summed E-state index contributed by atoms with van der Waals surface area (Å²) in [5.74, 6) is 0.337. The molecule has 1 N–H and O–H groups in total. The molecule has 0 spiro atoms. The van der Waals surface area contributed by atoms with Crippen molar-refractivity contribution >= 4 is 53.3 Å². The molecule has 2 aromatic rings. The second-order valence-electron chi connectivity index (χ2n) is 2.36. The van der Waals surface area contributed by atoms with Crippen LogP contribution in [0.2, 0.25) is 0 Å². The van der Waals surface area contributed by atoms with Gasteiger partial charge in [-0.15, -0.1) is 11.3 Å². The highest BCUT2D eigenvalue weighted by Crippen LogP contribution is 2.39. The average molecular weight is 308 g/mol. The molecule has 1 aromatic heterocycles. The number of phenolic OH excluding ortho intramolecular Hbond substituents is 1. The molecule has 12 heavy (non-hydrogen) atoms. The highest BCUT2D eigenvalue weighted by atomic mass is 79.9. The van der Waals surface area contributed by atoms with Crippen LogP contribution in [0.1, 0.15) is 0 Å². The zero-order valence-electron chi connectivity index (χ0n) is 5.84. The standard InChI is InChI=1S/C8H4Br2OS/c9-5-1-2-6(11)8-4(5)3-7(10)12-8/h1-3,11H. The third kappa shape index (κ3) is 1.28. The first-order valence-electron chi connectivity index (χ1n) is 3.25. The summed E-state index contributed by atoms with van der Waals surface area (Å²) in [6.45, 7) is 0. The fourth-order valence-electron chi connectivity index (χ4n) is 1.05. The molecule has 1 heterocycles. The summed E-state index contributed by atoms with van der Waals surface area (Å²) in [6.07, 6.45) is 0. The Morgan fingerprint density at radius 3 is 2.67 bits per heavy atom. The molecule has 0 atom stereocenters. The van der Waals surface area contributed by atoms with Gasteiger partial charge in [-0.05, 0) is 34.1 Å². The molecule has 2 rings (SSSR count). The van der Waals surface area contributed by atoms with E-state index in [0.717, 1.165) is 18.3 Å². The van der Waals surface area contributed by atoms with Crippen LogP contribution < -0.4 is 0 Å². The van der Waals surface area contributed by atoms with Gasteiger partial charge in [0.25, 0.3) is 0 Å². The van der Waals surface area contributed by atoms with E-state index < -0.39 is 0 Å². The molecule has 1 aromatic carbocycles. The minimum atomic E-state index is 0.337. The van der Waals surface area contributed by atoms with Crippen molar-refractivity contribution in [3.05, 3.63) is 26.5 Å². The summed E-state index contributed by atoms with van der Waals surface area (Å²) in [4.78, 5) is 0. The number of benzene rings is 1. The molecular weight excluding hydrogens is 304 g/mol. The Morgan fingerprint density at radius 1 is 1.25 bits per heavy atom. The molecule has 0 aliphatic carbocycles. The van der Waals surface area contributed by atoms with Crippen LogP contribution >= 0.6 is 43.2 Å². The maximum absolute atomic E-state index is 9.48. The molecule has 0 radical (unpaired) electrons. The lowest BCUT2D eigenvalue weighted by Gasteiger charge is -1.95. The summed E-state index contributed by atoms with van der Waals surface area (Å²) in [6, 6.07) is 5.52. The van der Waals surface area contributed by atoms with Crippen LogP contribution in [0.5, 0.6) is 5.75 Å². The van der Waals surface area contributed by atoms with E-state index in [9.17, 15) is 5.11 Å². The van der Waals surface area contributed by atoms with Crippen LogP contribution in [0.4, 0.5) is 0 Å². The number of aromatic hydroxyl groups is 1. The van der Waals surface area contributed by atoms with Crippen LogP contribution in [0.15, 0.2) is 26.5 Å². The molecule has 0 unspecified atom stereocenters. The van der Waals surface area contributed by atoms with E-state index >= 15 is 0 Å². The second kappa shape index (κ2) is 3.01. The average Bonchev–Trinajstić information content (AvgIpc) is 2.41. The van der Waals surface area contributed by atoms with Crippen LogP contribution in [-0.2, 0) is 0 Å². The van der Waals surface area contributed by atoms with Crippen molar-refractivity contribution in [3.63, 3.8) is 0 Å². The Kier molecular flexibility index (Phi) is 2.14. The van der Waals surface area contributed by atoms with Crippen molar-refractivity contribution in [2.45, 2.75) is 0 Å². The van der Waals surface area contributed by atoms with Crippen molar-refractivity contribution in [3.8, 4) is 5.75 Å². The van der Waals surface area contributed by atoms with Crippen molar-refractivity contribution in [2.75, 3.05) is 0 Å². The number of thiophene rings is 1. The fraction of sp³-hybridized carbons (Fsp3) is 0. The van der Waals surface area contributed by atoms with Crippen LogP contribution in [0.25, 0.3) is 10.1 Å². The zero-order chi connectivity index (χ0) is 8.72. The Bertz CT molecular complexity index is 397. The van der Waals surface area contributed by atoms with E-state index in [1.165, 1.54) is 11.3 Å². The van der Waals surface area contributed by atoms with Crippen molar-refractivity contribution in [2.24, 2.45) is 0 Å². The van der Waals surface area contributed by atoms with E-state index in [2.05, 4.69) is 31.9 Å². The van der Waals surface area contributed by atoms with E-state index in [1.807, 2.05) is 12.1 Å². The molecule has 4 heteroatoms. The quantitative estimate of drug-likeness (QED) is 0.776. The van der Waals surface area contributed by atoms with E-state index in [4.69, 9.17) is 0 Å². The Labute approximate surface area is 90.3 Å². The molecule has 0 saturated heterocycles. The smallest absolute Gasteiger partial charge is 0.133 e. The normalized spacial score (nSPS) is 10.8. The highest BCUT2D eigenvalue weighted by molar-refractivity contribution is 9.11. The predicted molar refractivity (Wildman–Crippen MR) is 58.9 cm³/mol. The highest BCUT2D eigenvalue weighted by Gasteiger charge is 2.06. The predicted octanol–water partition coefficient (Wildman–Crippen LogP) is 4.13. The SMILES string of the molecule is Oc1ccc(Br)c2cc(Br)sc12. The first-order valence-corrected chi connectivity index (χ1v) is 5.65. The van der Waals surface area contributed by atoms with Gasteiger partial charge in [0.1, 0.15) is 5.75 Å². The largest absolute Gasteiger partial charge is 0.506 e. The molecule has 0 bridgehead atoms. The van der Waals surface area contributed by atoms with Gasteiger partial charge in [-0.25, -0.2) is 0 Å². The minimum absolute atomic E-state index is 0.337.